The monoisotopic (exact) mass is 664 g/mol. The van der Waals surface area contributed by atoms with E-state index in [0.717, 1.165) is 61.9 Å². The zero-order chi connectivity index (χ0) is 25.3. The molecule has 0 radical (unpaired) electrons. The van der Waals surface area contributed by atoms with Crippen LogP contribution in [0, 0.1) is 5.92 Å². The summed E-state index contributed by atoms with van der Waals surface area (Å²) in [5.74, 6) is 0.545. The van der Waals surface area contributed by atoms with Gasteiger partial charge in [0, 0.05) is 0 Å². The minimum atomic E-state index is -4.38. The Morgan fingerprint density at radius 2 is 2.03 bits per heavy atom. The molecule has 183 valence electrons. The number of ether oxygens (including phenoxy) is 2. The second-order valence-electron chi connectivity index (χ2n) is 9.10. The number of nitrogens with zero attached hydrogens (tertiary/aromatic N) is 1. The molecule has 1 aromatic carbocycles. The fourth-order valence-electron chi connectivity index (χ4n) is 4.22. The van der Waals surface area contributed by atoms with Gasteiger partial charge in [-0.15, -0.1) is 0 Å². The Labute approximate surface area is 218 Å². The number of benzene rings is 1. The second kappa shape index (κ2) is 13.7. The quantitative estimate of drug-likeness (QED) is 0.140. The Kier molecular flexibility index (Phi) is 11.7. The predicted molar refractivity (Wildman–Crippen MR) is 127 cm³/mol. The molecule has 0 amide bonds. The molecule has 1 aromatic rings. The van der Waals surface area contributed by atoms with Crippen LogP contribution in [-0.2, 0) is 41.8 Å². The molecule has 0 heterocycles. The van der Waals surface area contributed by atoms with E-state index in [4.69, 9.17) is 14.5 Å². The van der Waals surface area contributed by atoms with Crippen molar-refractivity contribution in [2.75, 3.05) is 13.7 Å². The summed E-state index contributed by atoms with van der Waals surface area (Å²) in [6.07, 6.45) is 3.48. The molecule has 1 fully saturated rings. The van der Waals surface area contributed by atoms with Gasteiger partial charge in [0.05, 0.1) is 0 Å². The Balaban J connectivity index is 2.05. The van der Waals surface area contributed by atoms with Gasteiger partial charge in [-0.05, 0) is 0 Å². The van der Waals surface area contributed by atoms with Gasteiger partial charge < -0.3 is 0 Å². The van der Waals surface area contributed by atoms with Gasteiger partial charge in [-0.3, -0.25) is 0 Å². The SMILES string of the molecule is C=CC(=N/C(CCC1CCCC(OCC(OC)C(=C)C)C1)=[C](\C)[Hg])c1cccc(C(F)(F)F)c1. The molecule has 34 heavy (non-hydrogen) atoms. The van der Waals surface area contributed by atoms with Crippen molar-refractivity contribution in [1.82, 2.24) is 0 Å². The Hall–Kier alpha value is -1.24. The number of hydrogen-bond donors (Lipinski definition) is 0. The summed E-state index contributed by atoms with van der Waals surface area (Å²) in [5, 5.41) is 0. The van der Waals surface area contributed by atoms with Gasteiger partial charge in [-0.25, -0.2) is 0 Å². The molecule has 1 aliphatic rings. The molecule has 3 atom stereocenters. The first-order chi connectivity index (χ1) is 16.0. The molecular formula is C27H35F3HgNO2. The summed E-state index contributed by atoms with van der Waals surface area (Å²) in [5.41, 5.74) is 2.20. The average molecular weight is 663 g/mol. The summed E-state index contributed by atoms with van der Waals surface area (Å²) in [6, 6.07) is 5.30. The van der Waals surface area contributed by atoms with Crippen molar-refractivity contribution in [2.45, 2.75) is 70.8 Å². The third kappa shape index (κ3) is 9.08. The fraction of sp³-hybridized carbons (Fsp3) is 0.519. The first kappa shape index (κ1) is 29.0. The van der Waals surface area contributed by atoms with Gasteiger partial charge >= 0.3 is 219 Å². The summed E-state index contributed by atoms with van der Waals surface area (Å²) in [4.78, 5) is 4.78. The van der Waals surface area contributed by atoms with E-state index in [0.29, 0.717) is 49.9 Å². The van der Waals surface area contributed by atoms with Crippen LogP contribution in [0.1, 0.15) is 63.5 Å². The van der Waals surface area contributed by atoms with E-state index >= 15 is 0 Å². The average Bonchev–Trinajstić information content (AvgIpc) is 2.79. The van der Waals surface area contributed by atoms with Crippen LogP contribution < -0.4 is 0 Å². The Morgan fingerprint density at radius 3 is 2.62 bits per heavy atom. The van der Waals surface area contributed by atoms with Gasteiger partial charge in [0.15, 0.2) is 0 Å². The third-order valence-electron chi connectivity index (χ3n) is 6.27. The van der Waals surface area contributed by atoms with E-state index in [1.807, 2.05) is 6.92 Å². The van der Waals surface area contributed by atoms with Gasteiger partial charge in [0.25, 0.3) is 0 Å². The van der Waals surface area contributed by atoms with E-state index in [1.165, 1.54) is 9.15 Å². The second-order valence-corrected chi connectivity index (χ2v) is 13.2. The van der Waals surface area contributed by atoms with Crippen LogP contribution in [0.25, 0.3) is 0 Å². The standard InChI is InChI=1S/C27H35F3NO2.Hg/c1-6-23(31-25(7-2)21-11-9-12-22(17-21)27(28,29)30)15-14-20-10-8-13-24(16-20)33-18-26(32-5)19(3)4;/h7,9,11-12,17,20,24,26H,2-3,8,10,13-16,18H2,1,4-5H3;. The zero-order valence-corrected chi connectivity index (χ0v) is 26.1. The molecular weight excluding hydrogens is 628 g/mol. The number of alkyl halides is 3. The van der Waals surface area contributed by atoms with E-state index in [9.17, 15) is 13.2 Å². The van der Waals surface area contributed by atoms with Crippen molar-refractivity contribution in [3.8, 4) is 0 Å². The fourth-order valence-corrected chi connectivity index (χ4v) is 5.22. The molecule has 7 heteroatoms. The normalized spacial score (nSPS) is 21.1. The number of methoxy groups -OCH3 is 1. The molecule has 2 rings (SSSR count). The summed E-state index contributed by atoms with van der Waals surface area (Å²) >= 11 is 0.389. The third-order valence-corrected chi connectivity index (χ3v) is 7.86. The number of halogens is 3. The van der Waals surface area contributed by atoms with Crippen molar-refractivity contribution in [1.29, 1.82) is 0 Å². The first-order valence-corrected chi connectivity index (χ1v) is 14.5. The van der Waals surface area contributed by atoms with Gasteiger partial charge in [-0.1, -0.05) is 0 Å². The van der Waals surface area contributed by atoms with E-state index in [-0.39, 0.29) is 12.2 Å². The zero-order valence-electron chi connectivity index (χ0n) is 20.6. The number of rotatable bonds is 11. The van der Waals surface area contributed by atoms with Crippen LogP contribution >= 0.6 is 0 Å². The molecule has 0 spiro atoms. The van der Waals surface area contributed by atoms with Crippen LogP contribution in [-0.4, -0.2) is 31.6 Å². The number of aliphatic imine (C=N–C) groups is 1. The maximum atomic E-state index is 13.2. The molecule has 0 saturated heterocycles. The van der Waals surface area contributed by atoms with Crippen LogP contribution in [0.15, 0.2) is 62.8 Å². The summed E-state index contributed by atoms with van der Waals surface area (Å²) in [7, 11) is 1.68. The Bertz CT molecular complexity index is 903. The van der Waals surface area contributed by atoms with Crippen molar-refractivity contribution < 1.29 is 48.8 Å². The van der Waals surface area contributed by atoms with Gasteiger partial charge in [-0.2, -0.15) is 0 Å². The molecule has 3 nitrogen and oxygen atoms in total. The van der Waals surface area contributed by atoms with E-state index < -0.39 is 11.7 Å². The minimum absolute atomic E-state index is 0.0768. The van der Waals surface area contributed by atoms with Crippen molar-refractivity contribution in [3.05, 3.63) is 69.0 Å². The van der Waals surface area contributed by atoms with Crippen LogP contribution in [0.2, 0.25) is 0 Å². The van der Waals surface area contributed by atoms with Crippen molar-refractivity contribution in [2.24, 2.45) is 10.9 Å². The van der Waals surface area contributed by atoms with Crippen LogP contribution in [0.4, 0.5) is 13.2 Å². The molecule has 3 unspecified atom stereocenters. The van der Waals surface area contributed by atoms with Crippen molar-refractivity contribution in [3.63, 3.8) is 0 Å². The Morgan fingerprint density at radius 1 is 1.29 bits per heavy atom. The van der Waals surface area contributed by atoms with Crippen LogP contribution in [0.3, 0.4) is 0 Å². The molecule has 1 aliphatic carbocycles. The summed E-state index contributed by atoms with van der Waals surface area (Å²) < 4.78 is 52.3. The predicted octanol–water partition coefficient (Wildman–Crippen LogP) is 7.41. The number of allylic oxidation sites excluding steroid dienone is 3. The maximum absolute atomic E-state index is 13.2. The topological polar surface area (TPSA) is 30.8 Å². The molecule has 0 aliphatic heterocycles. The van der Waals surface area contributed by atoms with Crippen molar-refractivity contribution >= 4 is 5.71 Å². The van der Waals surface area contributed by atoms with E-state index in [2.05, 4.69) is 20.1 Å². The molecule has 0 aromatic heterocycles. The molecule has 0 N–H and O–H groups in total. The molecule has 1 saturated carbocycles. The summed E-state index contributed by atoms with van der Waals surface area (Å²) in [6.45, 7) is 12.3. The number of hydrogen-bond acceptors (Lipinski definition) is 3. The van der Waals surface area contributed by atoms with E-state index in [1.54, 1.807) is 19.3 Å². The van der Waals surface area contributed by atoms with Gasteiger partial charge in [0.1, 0.15) is 0 Å². The van der Waals surface area contributed by atoms with Gasteiger partial charge in [0.2, 0.25) is 0 Å². The van der Waals surface area contributed by atoms with Crippen LogP contribution in [0.5, 0.6) is 0 Å². The first-order valence-electron chi connectivity index (χ1n) is 11.7. The molecule has 0 bridgehead atoms.